The Bertz CT molecular complexity index is 1270. The second kappa shape index (κ2) is 11.2. The number of aryl methyl sites for hydroxylation is 1. The van der Waals surface area contributed by atoms with Crippen LogP contribution in [0.4, 0.5) is 5.69 Å². The number of carbonyl (C=O) groups is 3. The summed E-state index contributed by atoms with van der Waals surface area (Å²) in [6.07, 6.45) is 0.263. The molecule has 0 aromatic heterocycles. The number of ether oxygens (including phenoxy) is 1. The number of carbonyl (C=O) groups excluding carboxylic acids is 3. The van der Waals surface area contributed by atoms with Crippen LogP contribution in [0.2, 0.25) is 0 Å². The standard InChI is InChI=1S/C26H22N4O4/c1-17-4-3-5-21(16-17)26(33)34-23-12-8-20(9-13-23)18(2)29-30-25(32)24(31)28-22-10-6-19(7-11-22)14-15-27/h3-13,16H,14H2,1-2H3,(H,28,31)(H,30,32). The van der Waals surface area contributed by atoms with Crippen molar-refractivity contribution in [3.63, 3.8) is 0 Å². The average Bonchev–Trinajstić information content (AvgIpc) is 2.84. The molecule has 3 aromatic carbocycles. The summed E-state index contributed by atoms with van der Waals surface area (Å²) in [4.78, 5) is 36.4. The first-order valence-corrected chi connectivity index (χ1v) is 10.4. The summed E-state index contributed by atoms with van der Waals surface area (Å²) < 4.78 is 5.38. The van der Waals surface area contributed by atoms with E-state index in [-0.39, 0.29) is 6.42 Å². The minimum absolute atomic E-state index is 0.263. The first-order valence-electron chi connectivity index (χ1n) is 10.4. The van der Waals surface area contributed by atoms with Crippen LogP contribution in [0, 0.1) is 18.3 Å². The minimum Gasteiger partial charge on any atom is -0.423 e. The second-order valence-electron chi connectivity index (χ2n) is 7.41. The Morgan fingerprint density at radius 1 is 0.941 bits per heavy atom. The molecule has 2 amide bonds. The smallest absolute Gasteiger partial charge is 0.343 e. The van der Waals surface area contributed by atoms with Crippen molar-refractivity contribution in [2.45, 2.75) is 20.3 Å². The number of nitrogens with zero attached hydrogens (tertiary/aromatic N) is 2. The van der Waals surface area contributed by atoms with Gasteiger partial charge in [-0.3, -0.25) is 9.59 Å². The third-order valence-electron chi connectivity index (χ3n) is 4.76. The molecule has 3 rings (SSSR count). The Balaban J connectivity index is 1.55. The van der Waals surface area contributed by atoms with E-state index in [0.29, 0.717) is 28.3 Å². The highest BCUT2D eigenvalue weighted by atomic mass is 16.5. The molecule has 0 atom stereocenters. The number of anilines is 1. The van der Waals surface area contributed by atoms with E-state index in [9.17, 15) is 14.4 Å². The first kappa shape index (κ1) is 23.9. The van der Waals surface area contributed by atoms with Crippen LogP contribution in [0.15, 0.2) is 77.9 Å². The van der Waals surface area contributed by atoms with Gasteiger partial charge in [0.1, 0.15) is 5.75 Å². The average molecular weight is 454 g/mol. The number of hydrazone groups is 1. The Morgan fingerprint density at radius 2 is 1.65 bits per heavy atom. The lowest BCUT2D eigenvalue weighted by Crippen LogP contribution is -2.32. The monoisotopic (exact) mass is 454 g/mol. The molecule has 2 N–H and O–H groups in total. The van der Waals surface area contributed by atoms with E-state index in [1.54, 1.807) is 73.7 Å². The molecule has 8 nitrogen and oxygen atoms in total. The molecule has 0 heterocycles. The van der Waals surface area contributed by atoms with E-state index in [4.69, 9.17) is 10.00 Å². The molecule has 3 aromatic rings. The molecule has 0 saturated heterocycles. The van der Waals surface area contributed by atoms with Crippen LogP contribution in [0.3, 0.4) is 0 Å². The fraction of sp³-hybridized carbons (Fsp3) is 0.115. The van der Waals surface area contributed by atoms with Crippen molar-refractivity contribution in [2.24, 2.45) is 5.10 Å². The number of esters is 1. The largest absolute Gasteiger partial charge is 0.423 e. The van der Waals surface area contributed by atoms with Gasteiger partial charge >= 0.3 is 17.8 Å². The number of hydrogen-bond donors (Lipinski definition) is 2. The van der Waals surface area contributed by atoms with Gasteiger partial charge in [-0.25, -0.2) is 10.2 Å². The highest BCUT2D eigenvalue weighted by Gasteiger charge is 2.14. The quantitative estimate of drug-likeness (QED) is 0.193. The summed E-state index contributed by atoms with van der Waals surface area (Å²) in [7, 11) is 0. The lowest BCUT2D eigenvalue weighted by atomic mass is 10.1. The molecule has 0 bridgehead atoms. The molecule has 0 spiro atoms. The maximum absolute atomic E-state index is 12.3. The molecular weight excluding hydrogens is 432 g/mol. The van der Waals surface area contributed by atoms with Crippen LogP contribution in [-0.4, -0.2) is 23.5 Å². The van der Waals surface area contributed by atoms with Gasteiger partial charge in [-0.1, -0.05) is 29.8 Å². The van der Waals surface area contributed by atoms with E-state index < -0.39 is 17.8 Å². The summed E-state index contributed by atoms with van der Waals surface area (Å²) in [6.45, 7) is 3.56. The van der Waals surface area contributed by atoms with Crippen LogP contribution in [-0.2, 0) is 16.0 Å². The normalized spacial score (nSPS) is 10.7. The van der Waals surface area contributed by atoms with E-state index in [2.05, 4.69) is 15.8 Å². The zero-order chi connectivity index (χ0) is 24.5. The van der Waals surface area contributed by atoms with E-state index in [1.807, 2.05) is 19.1 Å². The summed E-state index contributed by atoms with van der Waals surface area (Å²) in [5.41, 5.74) is 6.00. The Hall–Kier alpha value is -4.77. The van der Waals surface area contributed by atoms with Gasteiger partial charge in [0.2, 0.25) is 0 Å². The van der Waals surface area contributed by atoms with Crippen LogP contribution >= 0.6 is 0 Å². The van der Waals surface area contributed by atoms with Crippen LogP contribution in [0.1, 0.15) is 34.0 Å². The third-order valence-corrected chi connectivity index (χ3v) is 4.76. The van der Waals surface area contributed by atoms with Crippen LogP contribution < -0.4 is 15.5 Å². The first-order chi connectivity index (χ1) is 16.4. The minimum atomic E-state index is -0.927. The third kappa shape index (κ3) is 6.61. The van der Waals surface area contributed by atoms with Gasteiger partial charge in [-0.2, -0.15) is 10.4 Å². The summed E-state index contributed by atoms with van der Waals surface area (Å²) >= 11 is 0. The molecule has 0 fully saturated rings. The van der Waals surface area contributed by atoms with Gasteiger partial charge in [0, 0.05) is 5.69 Å². The van der Waals surface area contributed by atoms with Crippen molar-refractivity contribution in [1.82, 2.24) is 5.43 Å². The van der Waals surface area contributed by atoms with Crippen molar-refractivity contribution < 1.29 is 19.1 Å². The number of amides is 2. The fourth-order valence-electron chi connectivity index (χ4n) is 2.94. The second-order valence-corrected chi connectivity index (χ2v) is 7.41. The zero-order valence-electron chi connectivity index (χ0n) is 18.7. The number of nitrogens with one attached hydrogen (secondary N) is 2. The van der Waals surface area contributed by atoms with Gasteiger partial charge in [0.15, 0.2) is 0 Å². The van der Waals surface area contributed by atoms with E-state index in [0.717, 1.165) is 11.1 Å². The number of hydrogen-bond acceptors (Lipinski definition) is 6. The zero-order valence-corrected chi connectivity index (χ0v) is 18.7. The summed E-state index contributed by atoms with van der Waals surface area (Å²) in [5.74, 6) is -1.89. The summed E-state index contributed by atoms with van der Waals surface area (Å²) in [5, 5.41) is 15.1. The molecule has 0 saturated carbocycles. The van der Waals surface area contributed by atoms with E-state index >= 15 is 0 Å². The van der Waals surface area contributed by atoms with Crippen molar-refractivity contribution in [3.05, 3.63) is 95.1 Å². The predicted molar refractivity (Wildman–Crippen MR) is 127 cm³/mol. The van der Waals surface area contributed by atoms with Gasteiger partial charge in [-0.15, -0.1) is 0 Å². The highest BCUT2D eigenvalue weighted by molar-refractivity contribution is 6.39. The molecule has 0 unspecified atom stereocenters. The molecular formula is C26H22N4O4. The molecule has 34 heavy (non-hydrogen) atoms. The Labute approximate surface area is 196 Å². The molecule has 170 valence electrons. The lowest BCUT2D eigenvalue weighted by molar-refractivity contribution is -0.136. The number of rotatable bonds is 6. The molecule has 0 aliphatic heterocycles. The maximum Gasteiger partial charge on any atom is 0.343 e. The van der Waals surface area contributed by atoms with Crippen molar-refractivity contribution in [3.8, 4) is 11.8 Å². The van der Waals surface area contributed by atoms with Crippen LogP contribution in [0.25, 0.3) is 0 Å². The van der Waals surface area contributed by atoms with Gasteiger partial charge in [0.05, 0.1) is 23.8 Å². The van der Waals surface area contributed by atoms with Gasteiger partial charge < -0.3 is 10.1 Å². The molecule has 8 heteroatoms. The predicted octanol–water partition coefficient (Wildman–Crippen LogP) is 3.76. The molecule has 0 aliphatic carbocycles. The number of benzene rings is 3. The SMILES string of the molecule is CC(=NNC(=O)C(=O)Nc1ccc(CC#N)cc1)c1ccc(OC(=O)c2cccc(C)c2)cc1. The maximum atomic E-state index is 12.3. The summed E-state index contributed by atoms with van der Waals surface area (Å²) in [6, 6.07) is 22.4. The Kier molecular flexibility index (Phi) is 7.87. The molecule has 0 aliphatic rings. The molecule has 0 radical (unpaired) electrons. The van der Waals surface area contributed by atoms with Crippen molar-refractivity contribution >= 4 is 29.2 Å². The highest BCUT2D eigenvalue weighted by Crippen LogP contribution is 2.15. The lowest BCUT2D eigenvalue weighted by Gasteiger charge is -2.07. The Morgan fingerprint density at radius 3 is 2.29 bits per heavy atom. The van der Waals surface area contributed by atoms with Crippen molar-refractivity contribution in [2.75, 3.05) is 5.32 Å². The van der Waals surface area contributed by atoms with E-state index in [1.165, 1.54) is 0 Å². The fourth-order valence-corrected chi connectivity index (χ4v) is 2.94. The van der Waals surface area contributed by atoms with Gasteiger partial charge in [0.25, 0.3) is 0 Å². The topological polar surface area (TPSA) is 121 Å². The number of nitriles is 1. The van der Waals surface area contributed by atoms with Gasteiger partial charge in [-0.05, 0) is 73.5 Å². The van der Waals surface area contributed by atoms with Crippen molar-refractivity contribution in [1.29, 1.82) is 5.26 Å². The van der Waals surface area contributed by atoms with Crippen LogP contribution in [0.5, 0.6) is 5.75 Å².